The number of carbonyl (C=O) groups is 1. The molecule has 0 aliphatic rings. The Morgan fingerprint density at radius 3 is 2.15 bits per heavy atom. The number of aliphatic carboxylic acids is 1. The van der Waals surface area contributed by atoms with Gasteiger partial charge in [0.1, 0.15) is 5.54 Å². The van der Waals surface area contributed by atoms with Gasteiger partial charge in [-0.25, -0.2) is 0 Å². The highest BCUT2D eigenvalue weighted by Crippen LogP contribution is 2.15. The van der Waals surface area contributed by atoms with Crippen molar-refractivity contribution >= 4 is 5.97 Å². The molecular weight excluding hydrogens is 166 g/mol. The van der Waals surface area contributed by atoms with Gasteiger partial charge in [0.2, 0.25) is 0 Å². The fraction of sp³-hybridized carbons (Fsp3) is 0.900. The van der Waals surface area contributed by atoms with Crippen molar-refractivity contribution in [2.24, 2.45) is 0 Å². The van der Waals surface area contributed by atoms with Crippen LogP contribution in [0, 0.1) is 0 Å². The van der Waals surface area contributed by atoms with Crippen molar-refractivity contribution < 1.29 is 9.90 Å². The van der Waals surface area contributed by atoms with Crippen molar-refractivity contribution in [2.75, 3.05) is 6.54 Å². The highest BCUT2D eigenvalue weighted by atomic mass is 16.4. The molecule has 0 bridgehead atoms. The van der Waals surface area contributed by atoms with Gasteiger partial charge >= 0.3 is 5.97 Å². The number of carboxylic acids is 1. The molecule has 0 rings (SSSR count). The number of hydrogen-bond donors (Lipinski definition) is 2. The van der Waals surface area contributed by atoms with E-state index in [0.29, 0.717) is 12.8 Å². The maximum Gasteiger partial charge on any atom is 0.323 e. The Bertz CT molecular complexity index is 153. The lowest BCUT2D eigenvalue weighted by molar-refractivity contribution is -0.145. The molecule has 0 atom stereocenters. The summed E-state index contributed by atoms with van der Waals surface area (Å²) in [7, 11) is 0. The van der Waals surface area contributed by atoms with E-state index >= 15 is 0 Å². The predicted molar refractivity (Wildman–Crippen MR) is 53.9 cm³/mol. The standard InChI is InChI=1S/C10H21NO2/c1-4-7-8-11-10(5-2,6-3)9(12)13/h11H,4-8H2,1-3H3,(H,12,13). The Morgan fingerprint density at radius 1 is 1.31 bits per heavy atom. The minimum Gasteiger partial charge on any atom is -0.480 e. The zero-order chi connectivity index (χ0) is 10.3. The summed E-state index contributed by atoms with van der Waals surface area (Å²) in [6.45, 7) is 6.72. The minimum atomic E-state index is -0.728. The van der Waals surface area contributed by atoms with E-state index in [1.807, 2.05) is 13.8 Å². The molecule has 13 heavy (non-hydrogen) atoms. The normalized spacial score (nSPS) is 11.6. The second-order valence-electron chi connectivity index (χ2n) is 3.37. The second kappa shape index (κ2) is 5.97. The van der Waals surface area contributed by atoms with Gasteiger partial charge < -0.3 is 10.4 Å². The van der Waals surface area contributed by atoms with Gasteiger partial charge in [0, 0.05) is 0 Å². The predicted octanol–water partition coefficient (Wildman–Crippen LogP) is 2.02. The third-order valence-corrected chi connectivity index (χ3v) is 2.61. The zero-order valence-electron chi connectivity index (χ0n) is 8.89. The SMILES string of the molecule is CCCCNC(CC)(CC)C(=O)O. The van der Waals surface area contributed by atoms with Crippen LogP contribution in [-0.4, -0.2) is 23.2 Å². The molecule has 3 heteroatoms. The van der Waals surface area contributed by atoms with Gasteiger partial charge in [-0.2, -0.15) is 0 Å². The molecule has 2 N–H and O–H groups in total. The molecule has 0 amide bonds. The molecule has 0 aromatic carbocycles. The van der Waals surface area contributed by atoms with E-state index in [0.717, 1.165) is 19.4 Å². The molecule has 0 unspecified atom stereocenters. The maximum absolute atomic E-state index is 11.0. The minimum absolute atomic E-state index is 0.641. The third-order valence-electron chi connectivity index (χ3n) is 2.61. The lowest BCUT2D eigenvalue weighted by atomic mass is 9.93. The van der Waals surface area contributed by atoms with Crippen LogP contribution in [0.1, 0.15) is 46.5 Å². The lowest BCUT2D eigenvalue weighted by Crippen LogP contribution is -2.51. The molecule has 0 saturated carbocycles. The van der Waals surface area contributed by atoms with E-state index in [2.05, 4.69) is 12.2 Å². The Labute approximate surface area is 80.5 Å². The van der Waals surface area contributed by atoms with Gasteiger partial charge in [-0.1, -0.05) is 27.2 Å². The Kier molecular flexibility index (Phi) is 5.71. The highest BCUT2D eigenvalue weighted by Gasteiger charge is 2.33. The van der Waals surface area contributed by atoms with Crippen LogP contribution in [0.2, 0.25) is 0 Å². The average Bonchev–Trinajstić information content (AvgIpc) is 2.13. The van der Waals surface area contributed by atoms with Crippen molar-refractivity contribution in [3.63, 3.8) is 0 Å². The molecule has 0 aromatic heterocycles. The topological polar surface area (TPSA) is 49.3 Å². The molecule has 0 aromatic rings. The smallest absolute Gasteiger partial charge is 0.323 e. The Morgan fingerprint density at radius 2 is 1.85 bits per heavy atom. The molecule has 0 saturated heterocycles. The van der Waals surface area contributed by atoms with E-state index in [-0.39, 0.29) is 0 Å². The number of hydrogen-bond acceptors (Lipinski definition) is 2. The fourth-order valence-electron chi connectivity index (χ4n) is 1.38. The maximum atomic E-state index is 11.0. The van der Waals surface area contributed by atoms with E-state index in [1.165, 1.54) is 0 Å². The van der Waals surface area contributed by atoms with E-state index in [9.17, 15) is 4.79 Å². The molecular formula is C10H21NO2. The van der Waals surface area contributed by atoms with Crippen LogP contribution in [0.5, 0.6) is 0 Å². The van der Waals surface area contributed by atoms with Crippen LogP contribution in [0.3, 0.4) is 0 Å². The number of rotatable bonds is 7. The highest BCUT2D eigenvalue weighted by molar-refractivity contribution is 5.78. The van der Waals surface area contributed by atoms with Crippen molar-refractivity contribution in [1.29, 1.82) is 0 Å². The molecule has 0 fully saturated rings. The zero-order valence-corrected chi connectivity index (χ0v) is 8.89. The average molecular weight is 187 g/mol. The molecule has 78 valence electrons. The number of unbranched alkanes of at least 4 members (excludes halogenated alkanes) is 1. The molecule has 0 aliphatic carbocycles. The first kappa shape index (κ1) is 12.4. The van der Waals surface area contributed by atoms with E-state index in [1.54, 1.807) is 0 Å². The summed E-state index contributed by atoms with van der Waals surface area (Å²) in [6.07, 6.45) is 3.41. The van der Waals surface area contributed by atoms with Gasteiger partial charge in [-0.3, -0.25) is 4.79 Å². The van der Waals surface area contributed by atoms with Crippen molar-refractivity contribution in [3.05, 3.63) is 0 Å². The molecule has 3 nitrogen and oxygen atoms in total. The van der Waals surface area contributed by atoms with Gasteiger partial charge in [-0.15, -0.1) is 0 Å². The fourth-order valence-corrected chi connectivity index (χ4v) is 1.38. The first-order valence-corrected chi connectivity index (χ1v) is 5.11. The molecule has 0 spiro atoms. The van der Waals surface area contributed by atoms with Crippen LogP contribution in [0.15, 0.2) is 0 Å². The first-order valence-electron chi connectivity index (χ1n) is 5.11. The van der Waals surface area contributed by atoms with Crippen LogP contribution >= 0.6 is 0 Å². The van der Waals surface area contributed by atoms with Crippen LogP contribution in [0.25, 0.3) is 0 Å². The van der Waals surface area contributed by atoms with Gasteiger partial charge in [0.15, 0.2) is 0 Å². The van der Waals surface area contributed by atoms with Crippen LogP contribution in [0.4, 0.5) is 0 Å². The largest absolute Gasteiger partial charge is 0.480 e. The first-order chi connectivity index (χ1) is 6.13. The number of carboxylic acid groups (broad SMARTS) is 1. The Balaban J connectivity index is 4.14. The summed E-state index contributed by atoms with van der Waals surface area (Å²) in [5.41, 5.74) is -0.699. The van der Waals surface area contributed by atoms with Crippen LogP contribution < -0.4 is 5.32 Å². The lowest BCUT2D eigenvalue weighted by Gasteiger charge is -2.28. The van der Waals surface area contributed by atoms with Crippen LogP contribution in [-0.2, 0) is 4.79 Å². The van der Waals surface area contributed by atoms with Gasteiger partial charge in [0.25, 0.3) is 0 Å². The summed E-state index contributed by atoms with van der Waals surface area (Å²) in [4.78, 5) is 11.0. The second-order valence-corrected chi connectivity index (χ2v) is 3.37. The van der Waals surface area contributed by atoms with Crippen molar-refractivity contribution in [2.45, 2.75) is 52.0 Å². The molecule has 0 heterocycles. The molecule has 0 radical (unpaired) electrons. The summed E-state index contributed by atoms with van der Waals surface area (Å²) in [5, 5.41) is 12.2. The van der Waals surface area contributed by atoms with Crippen molar-refractivity contribution in [3.8, 4) is 0 Å². The van der Waals surface area contributed by atoms with E-state index < -0.39 is 11.5 Å². The monoisotopic (exact) mass is 187 g/mol. The van der Waals surface area contributed by atoms with Gasteiger partial charge in [0.05, 0.1) is 0 Å². The van der Waals surface area contributed by atoms with Crippen molar-refractivity contribution in [1.82, 2.24) is 5.32 Å². The quantitative estimate of drug-likeness (QED) is 0.599. The summed E-state index contributed by atoms with van der Waals surface area (Å²) >= 11 is 0. The molecule has 0 aliphatic heterocycles. The number of nitrogens with one attached hydrogen (secondary N) is 1. The van der Waals surface area contributed by atoms with Gasteiger partial charge in [-0.05, 0) is 25.8 Å². The van der Waals surface area contributed by atoms with E-state index in [4.69, 9.17) is 5.11 Å². The summed E-state index contributed by atoms with van der Waals surface area (Å²) in [6, 6.07) is 0. The Hall–Kier alpha value is -0.570. The third kappa shape index (κ3) is 3.35. The summed E-state index contributed by atoms with van der Waals surface area (Å²) < 4.78 is 0. The summed E-state index contributed by atoms with van der Waals surface area (Å²) in [5.74, 6) is -0.728.